The molecule has 6 heteroatoms. The first-order valence-electron chi connectivity index (χ1n) is 5.03. The maximum Gasteiger partial charge on any atom is 0.185 e. The van der Waals surface area contributed by atoms with Crippen LogP contribution in [-0.4, -0.2) is 14.7 Å². The molecule has 0 bridgehead atoms. The molecule has 0 aliphatic carbocycles. The topological polar surface area (TPSA) is 64.3 Å². The van der Waals surface area contributed by atoms with Gasteiger partial charge in [-0.05, 0) is 30.3 Å². The molecule has 0 spiro atoms. The molecule has 0 unspecified atom stereocenters. The molecule has 4 nitrogen and oxygen atoms in total. The number of carbonyl (C=O) groups excluding carboxylic acids is 1. The molecule has 2 aromatic rings. The first kappa shape index (κ1) is 13.0. The highest BCUT2D eigenvalue weighted by Crippen LogP contribution is 2.21. The van der Waals surface area contributed by atoms with E-state index in [0.29, 0.717) is 10.8 Å². The molecular formula is C12H9BrO4S. The maximum absolute atomic E-state index is 12.1. The van der Waals surface area contributed by atoms with Gasteiger partial charge in [0.1, 0.15) is 11.5 Å². The zero-order valence-electron chi connectivity index (χ0n) is 9.17. The number of hydrogen-bond donors (Lipinski definition) is 0. The van der Waals surface area contributed by atoms with Gasteiger partial charge in [-0.2, -0.15) is 0 Å². The summed E-state index contributed by atoms with van der Waals surface area (Å²) in [4.78, 5) is 10.7. The first-order chi connectivity index (χ1) is 8.51. The molecule has 0 atom stereocenters. The summed E-state index contributed by atoms with van der Waals surface area (Å²) in [6.45, 7) is 0. The van der Waals surface area contributed by atoms with Crippen LogP contribution in [0.25, 0.3) is 0 Å². The molecule has 0 fully saturated rings. The number of aldehydes is 1. The van der Waals surface area contributed by atoms with Crippen LogP contribution in [-0.2, 0) is 15.6 Å². The quantitative estimate of drug-likeness (QED) is 0.809. The average Bonchev–Trinajstić information content (AvgIpc) is 2.76. The molecule has 0 aliphatic rings. The minimum Gasteiger partial charge on any atom is -0.457 e. The Morgan fingerprint density at radius 1 is 1.22 bits per heavy atom. The fourth-order valence-electron chi connectivity index (χ4n) is 1.47. The SMILES string of the molecule is O=Cc1ccc(CS(=O)(=O)c2cccc(Br)c2)o1. The molecule has 0 radical (unpaired) electrons. The lowest BCUT2D eigenvalue weighted by atomic mass is 10.4. The highest BCUT2D eigenvalue weighted by atomic mass is 79.9. The van der Waals surface area contributed by atoms with Crippen molar-refractivity contribution >= 4 is 32.1 Å². The number of halogens is 1. The molecular weight excluding hydrogens is 320 g/mol. The number of sulfone groups is 1. The highest BCUT2D eigenvalue weighted by molar-refractivity contribution is 9.10. The Morgan fingerprint density at radius 3 is 2.61 bits per heavy atom. The van der Waals surface area contributed by atoms with Crippen molar-refractivity contribution in [3.05, 3.63) is 52.4 Å². The number of rotatable bonds is 4. The second kappa shape index (κ2) is 5.07. The minimum atomic E-state index is -3.47. The lowest BCUT2D eigenvalue weighted by Gasteiger charge is -2.02. The maximum atomic E-state index is 12.1. The average molecular weight is 329 g/mol. The van der Waals surface area contributed by atoms with E-state index >= 15 is 0 Å². The van der Waals surface area contributed by atoms with Gasteiger partial charge in [0, 0.05) is 4.47 Å². The third-order valence-corrected chi connectivity index (χ3v) is 4.42. The van der Waals surface area contributed by atoms with Crippen LogP contribution in [0.15, 0.2) is 50.2 Å². The van der Waals surface area contributed by atoms with Crippen LogP contribution in [0, 0.1) is 0 Å². The summed E-state index contributed by atoms with van der Waals surface area (Å²) >= 11 is 3.22. The summed E-state index contributed by atoms with van der Waals surface area (Å²) < 4.78 is 29.9. The molecule has 2 rings (SSSR count). The van der Waals surface area contributed by atoms with Crippen LogP contribution in [0.1, 0.15) is 16.3 Å². The van der Waals surface area contributed by atoms with Crippen LogP contribution in [0.2, 0.25) is 0 Å². The molecule has 0 saturated heterocycles. The Balaban J connectivity index is 2.29. The minimum absolute atomic E-state index is 0.120. The summed E-state index contributed by atoms with van der Waals surface area (Å²) in [5.74, 6) is 0.101. The molecule has 1 aromatic heterocycles. The fourth-order valence-corrected chi connectivity index (χ4v) is 3.31. The van der Waals surface area contributed by atoms with E-state index in [9.17, 15) is 13.2 Å². The molecule has 0 saturated carbocycles. The van der Waals surface area contributed by atoms with Crippen LogP contribution < -0.4 is 0 Å². The van der Waals surface area contributed by atoms with Gasteiger partial charge in [0.15, 0.2) is 21.9 Å². The highest BCUT2D eigenvalue weighted by Gasteiger charge is 2.17. The second-order valence-electron chi connectivity index (χ2n) is 3.64. The van der Waals surface area contributed by atoms with Gasteiger partial charge in [-0.3, -0.25) is 4.79 Å². The van der Waals surface area contributed by atoms with Gasteiger partial charge in [0.2, 0.25) is 0 Å². The Kier molecular flexibility index (Phi) is 3.68. The molecule has 1 aromatic carbocycles. The molecule has 18 heavy (non-hydrogen) atoms. The molecule has 0 N–H and O–H groups in total. The van der Waals surface area contributed by atoms with E-state index in [1.54, 1.807) is 12.1 Å². The van der Waals surface area contributed by atoms with Crippen molar-refractivity contribution in [1.82, 2.24) is 0 Å². The fraction of sp³-hybridized carbons (Fsp3) is 0.0833. The zero-order chi connectivity index (χ0) is 13.2. The summed E-state index contributed by atoms with van der Waals surface area (Å²) in [5, 5.41) is 0. The van der Waals surface area contributed by atoms with Gasteiger partial charge in [-0.25, -0.2) is 8.42 Å². The summed E-state index contributed by atoms with van der Waals surface area (Å²) in [5.41, 5.74) is 0. The van der Waals surface area contributed by atoms with Crippen LogP contribution >= 0.6 is 15.9 Å². The smallest absolute Gasteiger partial charge is 0.185 e. The van der Waals surface area contributed by atoms with Gasteiger partial charge < -0.3 is 4.42 Å². The lowest BCUT2D eigenvalue weighted by molar-refractivity contribution is 0.109. The molecule has 1 heterocycles. The van der Waals surface area contributed by atoms with E-state index in [-0.39, 0.29) is 22.2 Å². The van der Waals surface area contributed by atoms with E-state index in [1.165, 1.54) is 24.3 Å². The van der Waals surface area contributed by atoms with Crippen LogP contribution in [0.3, 0.4) is 0 Å². The summed E-state index contributed by atoms with van der Waals surface area (Å²) in [6.07, 6.45) is 0.537. The number of carbonyl (C=O) groups is 1. The normalized spacial score (nSPS) is 11.4. The summed E-state index contributed by atoms with van der Waals surface area (Å²) in [6, 6.07) is 9.37. The Bertz CT molecular complexity index is 673. The zero-order valence-corrected chi connectivity index (χ0v) is 11.6. The van der Waals surface area contributed by atoms with Gasteiger partial charge >= 0.3 is 0 Å². The largest absolute Gasteiger partial charge is 0.457 e. The van der Waals surface area contributed by atoms with Crippen molar-refractivity contribution in [2.75, 3.05) is 0 Å². The third-order valence-electron chi connectivity index (χ3n) is 2.29. The van der Waals surface area contributed by atoms with E-state index in [2.05, 4.69) is 15.9 Å². The number of benzene rings is 1. The first-order valence-corrected chi connectivity index (χ1v) is 7.48. The van der Waals surface area contributed by atoms with Crippen LogP contribution in [0.4, 0.5) is 0 Å². The predicted octanol–water partition coefficient (Wildman–Crippen LogP) is 2.83. The van der Waals surface area contributed by atoms with E-state index in [1.807, 2.05) is 0 Å². The molecule has 0 amide bonds. The number of hydrogen-bond acceptors (Lipinski definition) is 4. The van der Waals surface area contributed by atoms with Crippen molar-refractivity contribution in [2.45, 2.75) is 10.6 Å². The van der Waals surface area contributed by atoms with Crippen molar-refractivity contribution in [3.8, 4) is 0 Å². The molecule has 94 valence electrons. The van der Waals surface area contributed by atoms with Gasteiger partial charge in [-0.1, -0.05) is 22.0 Å². The predicted molar refractivity (Wildman–Crippen MR) is 69.1 cm³/mol. The van der Waals surface area contributed by atoms with E-state index < -0.39 is 9.84 Å². The Hall–Kier alpha value is -1.40. The van der Waals surface area contributed by atoms with E-state index in [4.69, 9.17) is 4.42 Å². The number of furan rings is 1. The Morgan fingerprint density at radius 2 is 2.00 bits per heavy atom. The lowest BCUT2D eigenvalue weighted by Crippen LogP contribution is -2.04. The van der Waals surface area contributed by atoms with Gasteiger partial charge in [-0.15, -0.1) is 0 Å². The van der Waals surface area contributed by atoms with Crippen molar-refractivity contribution in [2.24, 2.45) is 0 Å². The van der Waals surface area contributed by atoms with Crippen molar-refractivity contribution < 1.29 is 17.6 Å². The van der Waals surface area contributed by atoms with Gasteiger partial charge in [0.25, 0.3) is 0 Å². The summed E-state index contributed by atoms with van der Waals surface area (Å²) in [7, 11) is -3.47. The van der Waals surface area contributed by atoms with E-state index in [0.717, 1.165) is 0 Å². The monoisotopic (exact) mass is 328 g/mol. The van der Waals surface area contributed by atoms with Crippen molar-refractivity contribution in [1.29, 1.82) is 0 Å². The Labute approximate surface area is 113 Å². The van der Waals surface area contributed by atoms with Crippen LogP contribution in [0.5, 0.6) is 0 Å². The standard InChI is InChI=1S/C12H9BrO4S/c13-9-2-1-3-12(6-9)18(15,16)8-11-5-4-10(7-14)17-11/h1-7H,8H2. The second-order valence-corrected chi connectivity index (χ2v) is 6.54. The van der Waals surface area contributed by atoms with Gasteiger partial charge in [0.05, 0.1) is 4.90 Å². The third kappa shape index (κ3) is 2.88. The van der Waals surface area contributed by atoms with Crippen molar-refractivity contribution in [3.63, 3.8) is 0 Å². The molecule has 0 aliphatic heterocycles.